The predicted molar refractivity (Wildman–Crippen MR) is 69.0 cm³/mol. The third-order valence-corrected chi connectivity index (χ3v) is 3.43. The highest BCUT2D eigenvalue weighted by Gasteiger charge is 2.21. The molecule has 2 rings (SSSR count). The number of rotatable bonds is 7. The van der Waals surface area contributed by atoms with Gasteiger partial charge in [0.2, 0.25) is 0 Å². The molecule has 1 aliphatic rings. The quantitative estimate of drug-likeness (QED) is 0.785. The molecular weight excluding hydrogens is 212 g/mol. The lowest BCUT2D eigenvalue weighted by Crippen LogP contribution is -2.18. The van der Waals surface area contributed by atoms with E-state index in [0.29, 0.717) is 6.61 Å². The summed E-state index contributed by atoms with van der Waals surface area (Å²) in [4.78, 5) is 0. The van der Waals surface area contributed by atoms with Gasteiger partial charge in [0.05, 0.1) is 6.61 Å². The molecule has 0 spiro atoms. The Bertz CT molecular complexity index is 345. The van der Waals surface area contributed by atoms with E-state index in [1.54, 1.807) is 0 Å². The predicted octanol–water partition coefficient (Wildman–Crippen LogP) is 2.57. The molecule has 0 amide bonds. The summed E-state index contributed by atoms with van der Waals surface area (Å²) in [5.41, 5.74) is 2.62. The number of ether oxygens (including phenoxy) is 1. The largest absolute Gasteiger partial charge is 0.396 e. The van der Waals surface area contributed by atoms with E-state index in [-0.39, 0.29) is 12.5 Å². The minimum Gasteiger partial charge on any atom is -0.396 e. The van der Waals surface area contributed by atoms with Crippen molar-refractivity contribution in [3.63, 3.8) is 0 Å². The number of aliphatic hydroxyl groups excluding tert-OH is 1. The third kappa shape index (κ3) is 4.14. The van der Waals surface area contributed by atoms with Crippen LogP contribution in [0.1, 0.15) is 24.0 Å². The summed E-state index contributed by atoms with van der Waals surface area (Å²) in [6, 6.07) is 8.37. The van der Waals surface area contributed by atoms with Gasteiger partial charge in [0.15, 0.2) is 0 Å². The second kappa shape index (κ2) is 6.18. The summed E-state index contributed by atoms with van der Waals surface area (Å²) in [5.74, 6) is 1.03. The molecule has 1 N–H and O–H groups in total. The van der Waals surface area contributed by atoms with Crippen molar-refractivity contribution in [2.75, 3.05) is 19.8 Å². The molecule has 1 fully saturated rings. The molecule has 1 aliphatic carbocycles. The standard InChI is InChI=1S/C15H22O2/c1-12-4-2-3-5-15(12)8-14(9-16)11-17-10-13-6-7-13/h2-5,13-14,16H,6-11H2,1H3. The van der Waals surface area contributed by atoms with Crippen LogP contribution in [-0.4, -0.2) is 24.9 Å². The molecule has 1 saturated carbocycles. The van der Waals surface area contributed by atoms with E-state index in [9.17, 15) is 5.11 Å². The van der Waals surface area contributed by atoms with Crippen molar-refractivity contribution in [1.29, 1.82) is 0 Å². The van der Waals surface area contributed by atoms with Gasteiger partial charge in [-0.1, -0.05) is 24.3 Å². The van der Waals surface area contributed by atoms with E-state index in [1.807, 2.05) is 0 Å². The van der Waals surface area contributed by atoms with E-state index < -0.39 is 0 Å². The normalized spacial score (nSPS) is 17.1. The third-order valence-electron chi connectivity index (χ3n) is 3.43. The highest BCUT2D eigenvalue weighted by molar-refractivity contribution is 5.25. The molecule has 17 heavy (non-hydrogen) atoms. The Morgan fingerprint density at radius 1 is 1.35 bits per heavy atom. The van der Waals surface area contributed by atoms with Gasteiger partial charge in [-0.15, -0.1) is 0 Å². The molecule has 0 aromatic heterocycles. The van der Waals surface area contributed by atoms with Crippen LogP contribution >= 0.6 is 0 Å². The van der Waals surface area contributed by atoms with Crippen molar-refractivity contribution < 1.29 is 9.84 Å². The summed E-state index contributed by atoms with van der Waals surface area (Å²) in [6.45, 7) is 3.89. The van der Waals surface area contributed by atoms with Gasteiger partial charge in [-0.2, -0.15) is 0 Å². The molecule has 1 aromatic carbocycles. The van der Waals surface area contributed by atoms with Gasteiger partial charge in [0.1, 0.15) is 0 Å². The van der Waals surface area contributed by atoms with Crippen molar-refractivity contribution in [3.05, 3.63) is 35.4 Å². The lowest BCUT2D eigenvalue weighted by molar-refractivity contribution is 0.0669. The van der Waals surface area contributed by atoms with Crippen LogP contribution in [0.3, 0.4) is 0 Å². The van der Waals surface area contributed by atoms with Crippen LogP contribution in [0.5, 0.6) is 0 Å². The van der Waals surface area contributed by atoms with Gasteiger partial charge in [-0.3, -0.25) is 0 Å². The Hall–Kier alpha value is -0.860. The maximum absolute atomic E-state index is 9.38. The molecule has 2 heteroatoms. The Kier molecular flexibility index (Phi) is 4.57. The SMILES string of the molecule is Cc1ccccc1CC(CO)COCC1CC1. The smallest absolute Gasteiger partial charge is 0.0519 e. The molecule has 2 nitrogen and oxygen atoms in total. The van der Waals surface area contributed by atoms with Crippen LogP contribution in [0.2, 0.25) is 0 Å². The van der Waals surface area contributed by atoms with Crippen molar-refractivity contribution in [2.45, 2.75) is 26.2 Å². The lowest BCUT2D eigenvalue weighted by atomic mass is 9.97. The second-order valence-corrected chi connectivity index (χ2v) is 5.16. The first kappa shape index (κ1) is 12.6. The zero-order valence-corrected chi connectivity index (χ0v) is 10.6. The first-order valence-corrected chi connectivity index (χ1v) is 6.52. The molecule has 0 bridgehead atoms. The first-order chi connectivity index (χ1) is 8.29. The number of hydrogen-bond donors (Lipinski definition) is 1. The molecule has 0 aliphatic heterocycles. The molecule has 94 valence electrons. The number of aliphatic hydroxyl groups is 1. The fourth-order valence-corrected chi connectivity index (χ4v) is 2.01. The molecule has 1 aromatic rings. The highest BCUT2D eigenvalue weighted by Crippen LogP contribution is 2.29. The first-order valence-electron chi connectivity index (χ1n) is 6.52. The van der Waals surface area contributed by atoms with E-state index in [2.05, 4.69) is 31.2 Å². The van der Waals surface area contributed by atoms with E-state index in [1.165, 1.54) is 24.0 Å². The molecule has 1 unspecified atom stereocenters. The van der Waals surface area contributed by atoms with E-state index in [0.717, 1.165) is 18.9 Å². The zero-order valence-electron chi connectivity index (χ0n) is 10.6. The van der Waals surface area contributed by atoms with Gasteiger partial charge >= 0.3 is 0 Å². The Morgan fingerprint density at radius 3 is 2.76 bits per heavy atom. The van der Waals surface area contributed by atoms with Gasteiger partial charge in [0.25, 0.3) is 0 Å². The Morgan fingerprint density at radius 2 is 2.12 bits per heavy atom. The molecule has 1 atom stereocenters. The van der Waals surface area contributed by atoms with E-state index >= 15 is 0 Å². The topological polar surface area (TPSA) is 29.5 Å². The second-order valence-electron chi connectivity index (χ2n) is 5.16. The van der Waals surface area contributed by atoms with Gasteiger partial charge < -0.3 is 9.84 Å². The average Bonchev–Trinajstić information content (AvgIpc) is 3.14. The lowest BCUT2D eigenvalue weighted by Gasteiger charge is -2.15. The monoisotopic (exact) mass is 234 g/mol. The number of benzene rings is 1. The minimum atomic E-state index is 0.207. The molecular formula is C15H22O2. The molecule has 0 heterocycles. The fourth-order valence-electron chi connectivity index (χ4n) is 2.01. The molecule has 0 radical (unpaired) electrons. The summed E-state index contributed by atoms with van der Waals surface area (Å²) in [5, 5.41) is 9.38. The van der Waals surface area contributed by atoms with E-state index in [4.69, 9.17) is 4.74 Å². The maximum Gasteiger partial charge on any atom is 0.0519 e. The fraction of sp³-hybridized carbons (Fsp3) is 0.600. The molecule has 0 saturated heterocycles. The van der Waals surface area contributed by atoms with Crippen LogP contribution in [0, 0.1) is 18.8 Å². The zero-order chi connectivity index (χ0) is 12.1. The van der Waals surface area contributed by atoms with Crippen molar-refractivity contribution >= 4 is 0 Å². The Labute approximate surface area is 104 Å². The van der Waals surface area contributed by atoms with Crippen molar-refractivity contribution in [1.82, 2.24) is 0 Å². The van der Waals surface area contributed by atoms with Gasteiger partial charge in [-0.25, -0.2) is 0 Å². The van der Waals surface area contributed by atoms with Crippen LogP contribution in [0.4, 0.5) is 0 Å². The summed E-state index contributed by atoms with van der Waals surface area (Å²) in [6.07, 6.45) is 3.55. The van der Waals surface area contributed by atoms with Crippen LogP contribution < -0.4 is 0 Å². The highest BCUT2D eigenvalue weighted by atomic mass is 16.5. The summed E-state index contributed by atoms with van der Waals surface area (Å²) >= 11 is 0. The Balaban J connectivity index is 1.79. The minimum absolute atomic E-state index is 0.207. The van der Waals surface area contributed by atoms with Crippen LogP contribution in [-0.2, 0) is 11.2 Å². The van der Waals surface area contributed by atoms with Crippen LogP contribution in [0.25, 0.3) is 0 Å². The summed E-state index contributed by atoms with van der Waals surface area (Å²) < 4.78 is 5.66. The summed E-state index contributed by atoms with van der Waals surface area (Å²) in [7, 11) is 0. The average molecular weight is 234 g/mol. The van der Waals surface area contributed by atoms with Crippen LogP contribution in [0.15, 0.2) is 24.3 Å². The van der Waals surface area contributed by atoms with Crippen molar-refractivity contribution in [2.24, 2.45) is 11.8 Å². The number of hydrogen-bond acceptors (Lipinski definition) is 2. The van der Waals surface area contributed by atoms with Gasteiger partial charge in [0, 0.05) is 19.1 Å². The van der Waals surface area contributed by atoms with Gasteiger partial charge in [-0.05, 0) is 43.2 Å². The van der Waals surface area contributed by atoms with Crippen molar-refractivity contribution in [3.8, 4) is 0 Å². The maximum atomic E-state index is 9.38. The number of aryl methyl sites for hydroxylation is 1.